The smallest absolute Gasteiger partial charge is 0.272 e. The maximum Gasteiger partial charge on any atom is 0.272 e. The molecule has 1 heterocycles. The molecular formula is C14H20FN3O3. The van der Waals surface area contributed by atoms with Crippen molar-refractivity contribution in [3.8, 4) is 0 Å². The lowest BCUT2D eigenvalue weighted by Gasteiger charge is -2.31. The monoisotopic (exact) mass is 297 g/mol. The number of nitro groups is 1. The summed E-state index contributed by atoms with van der Waals surface area (Å²) in [5.41, 5.74) is 0.0370. The Hall–Kier alpha value is -1.73. The van der Waals surface area contributed by atoms with Gasteiger partial charge >= 0.3 is 0 Å². The van der Waals surface area contributed by atoms with E-state index in [1.54, 1.807) is 0 Å². The number of hydrogen-bond acceptors (Lipinski definition) is 5. The van der Waals surface area contributed by atoms with Gasteiger partial charge < -0.3 is 15.3 Å². The largest absolute Gasteiger partial charge is 0.396 e. The number of nitro benzene ring substituents is 1. The first-order chi connectivity index (χ1) is 10.1. The van der Waals surface area contributed by atoms with E-state index in [2.05, 4.69) is 10.2 Å². The van der Waals surface area contributed by atoms with E-state index in [1.165, 1.54) is 12.1 Å². The summed E-state index contributed by atoms with van der Waals surface area (Å²) in [5, 5.41) is 22.6. The molecular weight excluding hydrogens is 277 g/mol. The fourth-order valence-corrected chi connectivity index (χ4v) is 2.50. The fraction of sp³-hybridized carbons (Fsp3) is 0.571. The molecule has 1 aliphatic heterocycles. The second kappa shape index (κ2) is 7.33. The zero-order valence-corrected chi connectivity index (χ0v) is 11.8. The number of anilines is 1. The topological polar surface area (TPSA) is 78.6 Å². The highest BCUT2D eigenvalue weighted by atomic mass is 19.1. The lowest BCUT2D eigenvalue weighted by atomic mass is 9.98. The molecule has 2 rings (SSSR count). The molecule has 6 nitrogen and oxygen atoms in total. The molecule has 21 heavy (non-hydrogen) atoms. The first kappa shape index (κ1) is 15.7. The molecule has 1 fully saturated rings. The van der Waals surface area contributed by atoms with Crippen LogP contribution in [0.5, 0.6) is 0 Å². The molecule has 2 N–H and O–H groups in total. The van der Waals surface area contributed by atoms with Gasteiger partial charge in [-0.15, -0.1) is 0 Å². The molecule has 0 amide bonds. The van der Waals surface area contributed by atoms with Crippen LogP contribution < -0.4 is 5.32 Å². The van der Waals surface area contributed by atoms with E-state index in [9.17, 15) is 14.5 Å². The number of aliphatic hydroxyl groups is 1. The van der Waals surface area contributed by atoms with Crippen LogP contribution in [0.4, 0.5) is 15.8 Å². The number of aliphatic hydroxyl groups excluding tert-OH is 1. The molecule has 1 aliphatic rings. The van der Waals surface area contributed by atoms with Crippen LogP contribution in [0, 0.1) is 21.8 Å². The van der Waals surface area contributed by atoms with E-state index in [1.807, 2.05) is 0 Å². The minimum Gasteiger partial charge on any atom is -0.396 e. The van der Waals surface area contributed by atoms with Crippen LogP contribution in [0.25, 0.3) is 0 Å². The summed E-state index contributed by atoms with van der Waals surface area (Å²) >= 11 is 0. The van der Waals surface area contributed by atoms with Gasteiger partial charge in [0, 0.05) is 25.8 Å². The number of non-ortho nitro benzene ring substituents is 1. The molecule has 0 spiro atoms. The van der Waals surface area contributed by atoms with E-state index in [4.69, 9.17) is 5.11 Å². The van der Waals surface area contributed by atoms with Crippen LogP contribution in [-0.2, 0) is 0 Å². The lowest BCUT2D eigenvalue weighted by molar-refractivity contribution is -0.385. The van der Waals surface area contributed by atoms with Crippen LogP contribution >= 0.6 is 0 Å². The number of likely N-dealkylation sites (tertiary alicyclic amines) is 1. The third-order valence-corrected chi connectivity index (χ3v) is 3.87. The van der Waals surface area contributed by atoms with Gasteiger partial charge in [-0.2, -0.15) is 0 Å². The number of nitrogens with one attached hydrogen (secondary N) is 1. The van der Waals surface area contributed by atoms with E-state index in [-0.39, 0.29) is 18.0 Å². The van der Waals surface area contributed by atoms with Crippen molar-refractivity contribution in [2.24, 2.45) is 5.92 Å². The quantitative estimate of drug-likeness (QED) is 0.619. The Morgan fingerprint density at radius 3 is 2.71 bits per heavy atom. The summed E-state index contributed by atoms with van der Waals surface area (Å²) in [6, 6.07) is 3.61. The Morgan fingerprint density at radius 1 is 1.43 bits per heavy atom. The van der Waals surface area contributed by atoms with Crippen molar-refractivity contribution in [1.29, 1.82) is 0 Å². The first-order valence-corrected chi connectivity index (χ1v) is 7.11. The van der Waals surface area contributed by atoms with Crippen molar-refractivity contribution in [2.45, 2.75) is 12.8 Å². The van der Waals surface area contributed by atoms with Crippen LogP contribution in [0.1, 0.15) is 12.8 Å². The zero-order chi connectivity index (χ0) is 15.2. The van der Waals surface area contributed by atoms with E-state index >= 15 is 0 Å². The third kappa shape index (κ3) is 4.37. The van der Waals surface area contributed by atoms with Gasteiger partial charge in [-0.25, -0.2) is 4.39 Å². The van der Waals surface area contributed by atoms with Gasteiger partial charge in [0.15, 0.2) is 5.82 Å². The number of piperidine rings is 1. The molecule has 0 unspecified atom stereocenters. The van der Waals surface area contributed by atoms with E-state index in [0.717, 1.165) is 38.5 Å². The number of halogens is 1. The normalized spacial score (nSPS) is 16.9. The summed E-state index contributed by atoms with van der Waals surface area (Å²) in [6.45, 7) is 3.50. The van der Waals surface area contributed by atoms with Crippen LogP contribution in [0.15, 0.2) is 18.2 Å². The molecule has 7 heteroatoms. The lowest BCUT2D eigenvalue weighted by Crippen LogP contribution is -2.37. The summed E-state index contributed by atoms with van der Waals surface area (Å²) < 4.78 is 13.7. The molecule has 1 aromatic carbocycles. The number of hydrogen-bond donors (Lipinski definition) is 2. The van der Waals surface area contributed by atoms with Crippen molar-refractivity contribution >= 4 is 11.4 Å². The minimum atomic E-state index is -0.613. The predicted molar refractivity (Wildman–Crippen MR) is 77.8 cm³/mol. The SMILES string of the molecule is O=[N+]([O-])c1ccc(NCCN2CCC(CO)CC2)c(F)c1. The highest BCUT2D eigenvalue weighted by Gasteiger charge is 2.18. The number of benzene rings is 1. The Labute approximate surface area is 122 Å². The summed E-state index contributed by atoms with van der Waals surface area (Å²) in [7, 11) is 0. The maximum absolute atomic E-state index is 13.7. The van der Waals surface area contributed by atoms with Gasteiger partial charge in [0.2, 0.25) is 0 Å². The Bertz CT molecular complexity index is 490. The molecule has 0 bridgehead atoms. The standard InChI is InChI=1S/C14H20FN3O3/c15-13-9-12(18(20)21)1-2-14(13)16-5-8-17-6-3-11(10-19)4-7-17/h1-2,9,11,16,19H,3-8,10H2. The van der Waals surface area contributed by atoms with Gasteiger partial charge in [-0.1, -0.05) is 0 Å². The summed E-state index contributed by atoms with van der Waals surface area (Å²) in [5.74, 6) is -0.204. The summed E-state index contributed by atoms with van der Waals surface area (Å²) in [4.78, 5) is 12.2. The third-order valence-electron chi connectivity index (χ3n) is 3.87. The fourth-order valence-electron chi connectivity index (χ4n) is 2.50. The van der Waals surface area contributed by atoms with Gasteiger partial charge in [0.05, 0.1) is 16.7 Å². The maximum atomic E-state index is 13.7. The van der Waals surface area contributed by atoms with Crippen molar-refractivity contribution in [1.82, 2.24) is 4.90 Å². The molecule has 0 atom stereocenters. The Morgan fingerprint density at radius 2 is 2.14 bits per heavy atom. The van der Waals surface area contributed by atoms with Crippen molar-refractivity contribution in [3.63, 3.8) is 0 Å². The van der Waals surface area contributed by atoms with Crippen molar-refractivity contribution < 1.29 is 14.4 Å². The Kier molecular flexibility index (Phi) is 5.46. The molecule has 116 valence electrons. The predicted octanol–water partition coefficient (Wildman–Crippen LogP) is 1.85. The van der Waals surface area contributed by atoms with Crippen LogP contribution in [0.2, 0.25) is 0 Å². The van der Waals surface area contributed by atoms with E-state index < -0.39 is 10.7 Å². The number of nitrogens with zero attached hydrogens (tertiary/aromatic N) is 2. The molecule has 0 aliphatic carbocycles. The second-order valence-electron chi connectivity index (χ2n) is 5.32. The summed E-state index contributed by atoms with van der Waals surface area (Å²) in [6.07, 6.45) is 1.98. The van der Waals surface area contributed by atoms with Crippen LogP contribution in [0.3, 0.4) is 0 Å². The highest BCUT2D eigenvalue weighted by molar-refractivity contribution is 5.50. The van der Waals surface area contributed by atoms with Crippen molar-refractivity contribution in [3.05, 3.63) is 34.1 Å². The average molecular weight is 297 g/mol. The molecule has 0 saturated carbocycles. The number of rotatable bonds is 6. The zero-order valence-electron chi connectivity index (χ0n) is 11.8. The van der Waals surface area contributed by atoms with Gasteiger partial charge in [0.1, 0.15) is 0 Å². The molecule has 1 aromatic rings. The second-order valence-corrected chi connectivity index (χ2v) is 5.32. The van der Waals surface area contributed by atoms with Crippen LogP contribution in [-0.4, -0.2) is 47.7 Å². The van der Waals surface area contributed by atoms with Gasteiger partial charge in [-0.3, -0.25) is 10.1 Å². The molecule has 1 saturated heterocycles. The highest BCUT2D eigenvalue weighted by Crippen LogP contribution is 2.20. The average Bonchev–Trinajstić information content (AvgIpc) is 2.49. The van der Waals surface area contributed by atoms with Gasteiger partial charge in [0.25, 0.3) is 5.69 Å². The minimum absolute atomic E-state index is 0.246. The first-order valence-electron chi connectivity index (χ1n) is 7.11. The van der Waals surface area contributed by atoms with E-state index in [0.29, 0.717) is 12.5 Å². The van der Waals surface area contributed by atoms with Gasteiger partial charge in [-0.05, 0) is 37.9 Å². The Balaban J connectivity index is 1.77. The molecule has 0 radical (unpaired) electrons. The van der Waals surface area contributed by atoms with Crippen molar-refractivity contribution in [2.75, 3.05) is 38.1 Å². The molecule has 0 aromatic heterocycles.